The van der Waals surface area contributed by atoms with Crippen LogP contribution in [0.2, 0.25) is 0 Å². The van der Waals surface area contributed by atoms with Crippen molar-refractivity contribution < 1.29 is 5.11 Å². The third kappa shape index (κ3) is 5.88. The summed E-state index contributed by atoms with van der Waals surface area (Å²) in [7, 11) is 0. The van der Waals surface area contributed by atoms with Crippen LogP contribution in [0.15, 0.2) is 0 Å². The summed E-state index contributed by atoms with van der Waals surface area (Å²) < 4.78 is 0. The van der Waals surface area contributed by atoms with E-state index >= 15 is 0 Å². The van der Waals surface area contributed by atoms with Gasteiger partial charge in [-0.1, -0.05) is 0 Å². The van der Waals surface area contributed by atoms with Gasteiger partial charge >= 0.3 is 0 Å². The van der Waals surface area contributed by atoms with Crippen LogP contribution in [0, 0.1) is 0 Å². The van der Waals surface area contributed by atoms with Crippen molar-refractivity contribution >= 4 is 0 Å². The second-order valence-electron chi connectivity index (χ2n) is 1.58. The molecular weight excluding hydrogens is 104 g/mol. The highest BCUT2D eigenvalue weighted by Gasteiger charge is 1.81. The Balaban J connectivity index is 2.53. The maximum atomic E-state index is 8.26. The highest BCUT2D eigenvalue weighted by molar-refractivity contribution is 4.44. The van der Waals surface area contributed by atoms with E-state index in [-0.39, 0.29) is 6.61 Å². The summed E-state index contributed by atoms with van der Waals surface area (Å²) in [6, 6.07) is 0. The molecule has 0 aromatic heterocycles. The fraction of sp³-hybridized carbons (Fsp3) is 1.00. The van der Waals surface area contributed by atoms with Crippen LogP contribution in [0.25, 0.3) is 0 Å². The van der Waals surface area contributed by atoms with Gasteiger partial charge in [-0.2, -0.15) is 0 Å². The molecule has 49 valence electrons. The van der Waals surface area contributed by atoms with Gasteiger partial charge in [-0.25, -0.2) is 0 Å². The molecule has 0 heterocycles. The molecule has 0 fully saturated rings. The van der Waals surface area contributed by atoms with E-state index < -0.39 is 0 Å². The molecule has 1 radical (unpaired) electrons. The molecule has 0 spiro atoms. The maximum Gasteiger partial charge on any atom is 0.0555 e. The first-order valence-electron chi connectivity index (χ1n) is 2.88. The highest BCUT2D eigenvalue weighted by Crippen LogP contribution is 1.68. The average Bonchev–Trinajstić information content (AvgIpc) is 1.81. The Morgan fingerprint density at radius 1 is 1.38 bits per heavy atom. The Morgan fingerprint density at radius 3 is 2.62 bits per heavy atom. The van der Waals surface area contributed by atoms with Crippen molar-refractivity contribution in [1.82, 2.24) is 11.1 Å². The molecule has 0 aromatic rings. The van der Waals surface area contributed by atoms with E-state index in [9.17, 15) is 0 Å². The predicted octanol–water partition coefficient (Wildman–Crippen LogP) is -0.759. The minimum atomic E-state index is 0.192. The smallest absolute Gasteiger partial charge is 0.0555 e. The molecule has 0 rings (SSSR count). The lowest BCUT2D eigenvalue weighted by Gasteiger charge is -1.97. The Kier molecular flexibility index (Phi) is 6.78. The second kappa shape index (κ2) is 6.88. The van der Waals surface area contributed by atoms with Crippen molar-refractivity contribution in [3.05, 3.63) is 0 Å². The zero-order valence-corrected chi connectivity index (χ0v) is 4.98. The first kappa shape index (κ1) is 7.88. The number of rotatable bonds is 5. The first-order valence-corrected chi connectivity index (χ1v) is 2.88. The van der Waals surface area contributed by atoms with E-state index in [1.165, 1.54) is 0 Å². The monoisotopic (exact) mass is 117 g/mol. The van der Waals surface area contributed by atoms with Crippen molar-refractivity contribution in [1.29, 1.82) is 0 Å². The number of hydrogen-bond donors (Lipinski definition) is 2. The fourth-order valence-corrected chi connectivity index (χ4v) is 0.417. The third-order valence-corrected chi connectivity index (χ3v) is 0.819. The zero-order valence-electron chi connectivity index (χ0n) is 4.98. The van der Waals surface area contributed by atoms with Gasteiger partial charge in [0.1, 0.15) is 0 Å². The van der Waals surface area contributed by atoms with Gasteiger partial charge in [-0.05, 0) is 13.0 Å². The molecule has 0 aliphatic carbocycles. The maximum absolute atomic E-state index is 8.26. The van der Waals surface area contributed by atoms with Crippen molar-refractivity contribution in [2.24, 2.45) is 0 Å². The van der Waals surface area contributed by atoms with Crippen LogP contribution < -0.4 is 11.1 Å². The van der Waals surface area contributed by atoms with Crippen LogP contribution in [0.1, 0.15) is 6.42 Å². The average molecular weight is 117 g/mol. The molecule has 0 aromatic carbocycles. The SMILES string of the molecule is [NH]CCCNCCO. The van der Waals surface area contributed by atoms with Crippen molar-refractivity contribution in [3.63, 3.8) is 0 Å². The predicted molar refractivity (Wildman–Crippen MR) is 32.5 cm³/mol. The minimum Gasteiger partial charge on any atom is -0.395 e. The van der Waals surface area contributed by atoms with Crippen LogP contribution in [0.5, 0.6) is 0 Å². The van der Waals surface area contributed by atoms with Gasteiger partial charge in [0.25, 0.3) is 0 Å². The van der Waals surface area contributed by atoms with Crippen molar-refractivity contribution in [2.75, 3.05) is 26.2 Å². The van der Waals surface area contributed by atoms with E-state index in [4.69, 9.17) is 10.8 Å². The van der Waals surface area contributed by atoms with Crippen LogP contribution in [-0.2, 0) is 0 Å². The summed E-state index contributed by atoms with van der Waals surface area (Å²) in [6.07, 6.45) is 0.875. The van der Waals surface area contributed by atoms with Crippen molar-refractivity contribution in [3.8, 4) is 0 Å². The summed E-state index contributed by atoms with van der Waals surface area (Å²) in [4.78, 5) is 0. The van der Waals surface area contributed by atoms with E-state index in [1.807, 2.05) is 0 Å². The molecule has 0 aliphatic rings. The second-order valence-corrected chi connectivity index (χ2v) is 1.58. The molecule has 8 heavy (non-hydrogen) atoms. The highest BCUT2D eigenvalue weighted by atomic mass is 16.3. The molecule has 3 N–H and O–H groups in total. The van der Waals surface area contributed by atoms with Crippen LogP contribution in [0.4, 0.5) is 0 Å². The third-order valence-electron chi connectivity index (χ3n) is 0.819. The van der Waals surface area contributed by atoms with Gasteiger partial charge in [-0.15, -0.1) is 0 Å². The Hall–Kier alpha value is -0.120. The van der Waals surface area contributed by atoms with E-state index in [1.54, 1.807) is 0 Å². The lowest BCUT2D eigenvalue weighted by Crippen LogP contribution is -2.20. The van der Waals surface area contributed by atoms with Gasteiger partial charge in [-0.3, -0.25) is 5.73 Å². The molecule has 0 aliphatic heterocycles. The standard InChI is InChI=1S/C5H13N2O/c6-2-1-3-7-4-5-8/h6-8H,1-5H2. The molecule has 0 saturated carbocycles. The van der Waals surface area contributed by atoms with Gasteiger partial charge in [0, 0.05) is 13.1 Å². The van der Waals surface area contributed by atoms with Crippen LogP contribution >= 0.6 is 0 Å². The molecule has 0 unspecified atom stereocenters. The number of aliphatic hydroxyl groups excluding tert-OH is 1. The zero-order chi connectivity index (χ0) is 6.24. The topological polar surface area (TPSA) is 56.1 Å². The Bertz CT molecular complexity index is 35.4. The van der Waals surface area contributed by atoms with Gasteiger partial charge in [0.2, 0.25) is 0 Å². The fourth-order valence-electron chi connectivity index (χ4n) is 0.417. The van der Waals surface area contributed by atoms with Gasteiger partial charge in [0.15, 0.2) is 0 Å². The molecular formula is C5H13N2O. The number of aliphatic hydroxyl groups is 1. The van der Waals surface area contributed by atoms with Gasteiger partial charge in [0.05, 0.1) is 6.61 Å². The first-order chi connectivity index (χ1) is 3.91. The lowest BCUT2D eigenvalue weighted by molar-refractivity contribution is 0.292. The quantitative estimate of drug-likeness (QED) is 0.465. The molecule has 0 amide bonds. The normalized spacial score (nSPS) is 9.75. The van der Waals surface area contributed by atoms with Crippen LogP contribution in [-0.4, -0.2) is 31.3 Å². The van der Waals surface area contributed by atoms with Crippen LogP contribution in [0.3, 0.4) is 0 Å². The minimum absolute atomic E-state index is 0.192. The number of nitrogens with one attached hydrogen (secondary N) is 2. The number of hydrogen-bond acceptors (Lipinski definition) is 2. The summed E-state index contributed by atoms with van der Waals surface area (Å²) >= 11 is 0. The largest absolute Gasteiger partial charge is 0.395 e. The Morgan fingerprint density at radius 2 is 2.12 bits per heavy atom. The molecule has 3 heteroatoms. The summed E-state index contributed by atoms with van der Waals surface area (Å²) in [5, 5.41) is 11.2. The lowest BCUT2D eigenvalue weighted by atomic mass is 10.4. The molecule has 0 atom stereocenters. The molecule has 0 bridgehead atoms. The molecule has 0 saturated heterocycles. The summed E-state index contributed by atoms with van der Waals surface area (Å²) in [6.45, 7) is 2.17. The van der Waals surface area contributed by atoms with E-state index in [2.05, 4.69) is 5.32 Å². The summed E-state index contributed by atoms with van der Waals surface area (Å²) in [5.74, 6) is 0. The molecule has 3 nitrogen and oxygen atoms in total. The Labute approximate surface area is 49.9 Å². The van der Waals surface area contributed by atoms with E-state index in [0.717, 1.165) is 13.0 Å². The van der Waals surface area contributed by atoms with E-state index in [0.29, 0.717) is 13.1 Å². The summed E-state index contributed by atoms with van der Waals surface area (Å²) in [5.41, 5.74) is 6.74. The van der Waals surface area contributed by atoms with Crippen molar-refractivity contribution in [2.45, 2.75) is 6.42 Å². The van der Waals surface area contributed by atoms with Gasteiger partial charge < -0.3 is 10.4 Å².